The van der Waals surface area contributed by atoms with Gasteiger partial charge in [-0.3, -0.25) is 14.5 Å². The SMILES string of the molecule is O=C1CC2C(=O)N=C3C=CC=C(N1)N32. The maximum atomic E-state index is 11.4. The summed E-state index contributed by atoms with van der Waals surface area (Å²) in [5.41, 5.74) is 0. The van der Waals surface area contributed by atoms with E-state index in [1.165, 1.54) is 0 Å². The van der Waals surface area contributed by atoms with E-state index < -0.39 is 6.04 Å². The number of amides is 2. The van der Waals surface area contributed by atoms with E-state index in [4.69, 9.17) is 0 Å². The second-order valence-electron chi connectivity index (χ2n) is 3.36. The molecule has 5 nitrogen and oxygen atoms in total. The first-order chi connectivity index (χ1) is 6.75. The highest BCUT2D eigenvalue weighted by Gasteiger charge is 2.42. The number of rotatable bonds is 0. The number of nitrogens with zero attached hydrogens (tertiary/aromatic N) is 2. The monoisotopic (exact) mass is 189 g/mol. The van der Waals surface area contributed by atoms with Gasteiger partial charge in [-0.05, 0) is 12.2 Å². The molecule has 0 aromatic rings. The van der Waals surface area contributed by atoms with Crippen molar-refractivity contribution >= 4 is 17.6 Å². The first kappa shape index (κ1) is 7.49. The van der Waals surface area contributed by atoms with Gasteiger partial charge in [0.1, 0.15) is 17.7 Å². The van der Waals surface area contributed by atoms with E-state index in [0.29, 0.717) is 11.7 Å². The number of carbonyl (C=O) groups excluding carboxylic acids is 2. The van der Waals surface area contributed by atoms with Crippen LogP contribution in [0, 0.1) is 0 Å². The fraction of sp³-hybridized carbons (Fsp3) is 0.222. The molecule has 1 fully saturated rings. The minimum atomic E-state index is -0.421. The van der Waals surface area contributed by atoms with Crippen LogP contribution in [0.15, 0.2) is 29.0 Å². The van der Waals surface area contributed by atoms with Crippen molar-refractivity contribution in [3.63, 3.8) is 0 Å². The number of amidine groups is 1. The van der Waals surface area contributed by atoms with Crippen molar-refractivity contribution in [2.75, 3.05) is 0 Å². The Morgan fingerprint density at radius 2 is 2.36 bits per heavy atom. The molecule has 1 unspecified atom stereocenters. The summed E-state index contributed by atoms with van der Waals surface area (Å²) in [7, 11) is 0. The molecule has 5 heteroatoms. The van der Waals surface area contributed by atoms with Crippen LogP contribution in [0.25, 0.3) is 0 Å². The molecule has 1 saturated heterocycles. The van der Waals surface area contributed by atoms with Crippen LogP contribution in [0.2, 0.25) is 0 Å². The van der Waals surface area contributed by atoms with E-state index in [-0.39, 0.29) is 18.2 Å². The third-order valence-corrected chi connectivity index (χ3v) is 2.47. The lowest BCUT2D eigenvalue weighted by Gasteiger charge is -2.33. The average Bonchev–Trinajstić information content (AvgIpc) is 2.45. The molecule has 0 bridgehead atoms. The van der Waals surface area contributed by atoms with Crippen molar-refractivity contribution < 1.29 is 9.59 Å². The molecule has 70 valence electrons. The van der Waals surface area contributed by atoms with Gasteiger partial charge >= 0.3 is 0 Å². The van der Waals surface area contributed by atoms with Crippen LogP contribution in [-0.2, 0) is 9.59 Å². The third-order valence-electron chi connectivity index (χ3n) is 2.47. The summed E-state index contributed by atoms with van der Waals surface area (Å²) in [5.74, 6) is 0.917. The molecule has 0 aromatic carbocycles. The van der Waals surface area contributed by atoms with Crippen LogP contribution >= 0.6 is 0 Å². The lowest BCUT2D eigenvalue weighted by molar-refractivity contribution is -0.129. The normalized spacial score (nSPS) is 28.3. The van der Waals surface area contributed by atoms with Crippen LogP contribution < -0.4 is 5.32 Å². The number of hydrogen-bond donors (Lipinski definition) is 1. The van der Waals surface area contributed by atoms with Gasteiger partial charge in [0.25, 0.3) is 5.91 Å². The van der Waals surface area contributed by atoms with Gasteiger partial charge in [0.05, 0.1) is 6.42 Å². The van der Waals surface area contributed by atoms with Gasteiger partial charge in [-0.15, -0.1) is 0 Å². The van der Waals surface area contributed by atoms with Gasteiger partial charge in [0, 0.05) is 0 Å². The molecule has 14 heavy (non-hydrogen) atoms. The Morgan fingerprint density at radius 1 is 1.50 bits per heavy atom. The number of aliphatic imine (C=N–C) groups is 1. The fourth-order valence-corrected chi connectivity index (χ4v) is 1.88. The zero-order valence-corrected chi connectivity index (χ0v) is 7.23. The van der Waals surface area contributed by atoms with Crippen LogP contribution in [0.1, 0.15) is 6.42 Å². The van der Waals surface area contributed by atoms with Crippen molar-refractivity contribution in [2.45, 2.75) is 12.5 Å². The van der Waals surface area contributed by atoms with E-state index in [1.54, 1.807) is 23.1 Å². The van der Waals surface area contributed by atoms with Gasteiger partial charge in [-0.1, -0.05) is 6.08 Å². The Balaban J connectivity index is 2.12. The van der Waals surface area contributed by atoms with Crippen molar-refractivity contribution in [1.82, 2.24) is 10.2 Å². The number of hydrogen-bond acceptors (Lipinski definition) is 3. The van der Waals surface area contributed by atoms with Crippen LogP contribution in [-0.4, -0.2) is 28.6 Å². The van der Waals surface area contributed by atoms with Crippen molar-refractivity contribution in [2.24, 2.45) is 4.99 Å². The fourth-order valence-electron chi connectivity index (χ4n) is 1.88. The highest BCUT2D eigenvalue weighted by Crippen LogP contribution is 2.26. The predicted octanol–water partition coefficient (Wildman–Crippen LogP) is -0.473. The summed E-state index contributed by atoms with van der Waals surface area (Å²) in [4.78, 5) is 28.3. The number of allylic oxidation sites excluding steroid dienone is 2. The lowest BCUT2D eigenvalue weighted by Crippen LogP contribution is -2.51. The Bertz CT molecular complexity index is 433. The molecule has 0 radical (unpaired) electrons. The van der Waals surface area contributed by atoms with Crippen molar-refractivity contribution in [3.05, 3.63) is 24.0 Å². The molecule has 3 heterocycles. The van der Waals surface area contributed by atoms with Gasteiger partial charge in [0.2, 0.25) is 5.91 Å². The molecule has 0 saturated carbocycles. The summed E-state index contributed by atoms with van der Waals surface area (Å²) in [6, 6.07) is -0.421. The Kier molecular flexibility index (Phi) is 1.24. The van der Waals surface area contributed by atoms with Crippen LogP contribution in [0.3, 0.4) is 0 Å². The van der Waals surface area contributed by atoms with Crippen molar-refractivity contribution in [1.29, 1.82) is 0 Å². The second-order valence-corrected chi connectivity index (χ2v) is 3.36. The molecule has 0 aliphatic carbocycles. The molecule has 0 aromatic heterocycles. The first-order valence-corrected chi connectivity index (χ1v) is 4.36. The number of nitrogens with one attached hydrogen (secondary N) is 1. The maximum Gasteiger partial charge on any atom is 0.271 e. The van der Waals surface area contributed by atoms with Gasteiger partial charge < -0.3 is 5.32 Å². The first-order valence-electron chi connectivity index (χ1n) is 4.36. The van der Waals surface area contributed by atoms with Crippen molar-refractivity contribution in [3.8, 4) is 0 Å². The predicted molar refractivity (Wildman–Crippen MR) is 48.1 cm³/mol. The Morgan fingerprint density at radius 3 is 3.21 bits per heavy atom. The van der Waals surface area contributed by atoms with Gasteiger partial charge in [-0.2, -0.15) is 4.99 Å². The lowest BCUT2D eigenvalue weighted by atomic mass is 10.1. The van der Waals surface area contributed by atoms with Crippen LogP contribution in [0.4, 0.5) is 0 Å². The quantitative estimate of drug-likeness (QED) is 0.560. The van der Waals surface area contributed by atoms with E-state index in [2.05, 4.69) is 10.3 Å². The van der Waals surface area contributed by atoms with E-state index >= 15 is 0 Å². The molecule has 3 aliphatic rings. The van der Waals surface area contributed by atoms with E-state index in [0.717, 1.165) is 0 Å². The topological polar surface area (TPSA) is 61.8 Å². The standard InChI is InChI=1S/C9H7N3O2/c13-8-4-5-9(14)11-7-3-1-2-6(10-8)12(5)7/h1-3,5H,4H2,(H,10,13). The molecule has 0 spiro atoms. The minimum Gasteiger partial charge on any atom is -0.312 e. The highest BCUT2D eigenvalue weighted by molar-refractivity contribution is 6.12. The van der Waals surface area contributed by atoms with E-state index in [1.807, 2.05) is 0 Å². The highest BCUT2D eigenvalue weighted by atomic mass is 16.2. The second kappa shape index (κ2) is 2.31. The molecule has 2 amide bonds. The van der Waals surface area contributed by atoms with Gasteiger partial charge in [-0.25, -0.2) is 0 Å². The molecule has 1 N–H and O–H groups in total. The Hall–Kier alpha value is -1.91. The smallest absolute Gasteiger partial charge is 0.271 e. The molecule has 3 rings (SSSR count). The summed E-state index contributed by atoms with van der Waals surface area (Å²) >= 11 is 0. The van der Waals surface area contributed by atoms with Gasteiger partial charge in [0.15, 0.2) is 0 Å². The van der Waals surface area contributed by atoms with E-state index in [9.17, 15) is 9.59 Å². The van der Waals surface area contributed by atoms with Crippen LogP contribution in [0.5, 0.6) is 0 Å². The maximum absolute atomic E-state index is 11.4. The third kappa shape index (κ3) is 0.810. The molecule has 3 aliphatic heterocycles. The number of carbonyl (C=O) groups is 2. The molecular weight excluding hydrogens is 182 g/mol. The molecular formula is C9H7N3O2. The zero-order valence-electron chi connectivity index (χ0n) is 7.23. The summed E-state index contributed by atoms with van der Waals surface area (Å²) in [6.45, 7) is 0. The summed E-state index contributed by atoms with van der Waals surface area (Å²) in [6.07, 6.45) is 5.49. The Labute approximate surface area is 79.8 Å². The zero-order chi connectivity index (χ0) is 9.71. The molecule has 1 atom stereocenters. The summed E-state index contributed by atoms with van der Waals surface area (Å²) < 4.78 is 0. The minimum absolute atomic E-state index is 0.127. The largest absolute Gasteiger partial charge is 0.312 e. The summed E-state index contributed by atoms with van der Waals surface area (Å²) in [5, 5.41) is 2.70. The average molecular weight is 189 g/mol.